The molecule has 2 aliphatic rings. The number of ether oxygens (including phenoxy) is 1. The number of rotatable bonds is 5. The van der Waals surface area contributed by atoms with Gasteiger partial charge in [0.1, 0.15) is 0 Å². The zero-order valence-electron chi connectivity index (χ0n) is 14.0. The van der Waals surface area contributed by atoms with Crippen LogP contribution < -0.4 is 0 Å². The Morgan fingerprint density at radius 3 is 2.75 bits per heavy atom. The van der Waals surface area contributed by atoms with E-state index in [0.29, 0.717) is 6.61 Å². The summed E-state index contributed by atoms with van der Waals surface area (Å²) >= 11 is 1.85. The SMILES string of the molecule is OCCO[C@H]1CC2(CCN(Cc3cccs3)CC2)c2ccccc21. The van der Waals surface area contributed by atoms with Crippen molar-refractivity contribution in [2.24, 2.45) is 0 Å². The number of hydrogen-bond donors (Lipinski definition) is 1. The quantitative estimate of drug-likeness (QED) is 0.898. The number of fused-ring (bicyclic) bond motifs is 2. The molecule has 24 heavy (non-hydrogen) atoms. The van der Waals surface area contributed by atoms with Crippen molar-refractivity contribution in [3.63, 3.8) is 0 Å². The standard InChI is InChI=1S/C20H25NO2S/c22-11-12-23-19-14-20(18-6-2-1-5-17(18)19)7-9-21(10-8-20)15-16-4-3-13-24-16/h1-6,13,19,22H,7-12,14-15H2/t19-/m0/s1. The summed E-state index contributed by atoms with van der Waals surface area (Å²) in [5, 5.41) is 11.3. The van der Waals surface area contributed by atoms with Gasteiger partial charge in [-0.15, -0.1) is 11.3 Å². The number of likely N-dealkylation sites (tertiary alicyclic amines) is 1. The Morgan fingerprint density at radius 2 is 2.00 bits per heavy atom. The average Bonchev–Trinajstić information content (AvgIpc) is 3.23. The van der Waals surface area contributed by atoms with E-state index in [0.717, 1.165) is 26.1 Å². The normalized spacial score (nSPS) is 22.8. The lowest BCUT2D eigenvalue weighted by Crippen LogP contribution is -2.41. The molecule has 0 bridgehead atoms. The van der Waals surface area contributed by atoms with Crippen molar-refractivity contribution in [2.75, 3.05) is 26.3 Å². The number of aliphatic hydroxyl groups is 1. The molecule has 1 aromatic carbocycles. The Labute approximate surface area is 147 Å². The van der Waals surface area contributed by atoms with Gasteiger partial charge in [0.25, 0.3) is 0 Å². The third-order valence-corrected chi connectivity index (χ3v) is 6.50. The predicted octanol–water partition coefficient (Wildman–Crippen LogP) is 3.74. The fourth-order valence-corrected chi connectivity index (χ4v) is 5.16. The molecule has 1 N–H and O–H groups in total. The molecule has 1 fully saturated rings. The summed E-state index contributed by atoms with van der Waals surface area (Å²) in [6, 6.07) is 13.2. The molecule has 1 spiro atoms. The third kappa shape index (κ3) is 3.04. The Hall–Kier alpha value is -1.20. The van der Waals surface area contributed by atoms with Crippen molar-refractivity contribution < 1.29 is 9.84 Å². The maximum absolute atomic E-state index is 9.10. The minimum absolute atomic E-state index is 0.0975. The Morgan fingerprint density at radius 1 is 1.17 bits per heavy atom. The van der Waals surface area contributed by atoms with Gasteiger partial charge in [-0.05, 0) is 54.9 Å². The topological polar surface area (TPSA) is 32.7 Å². The second kappa shape index (κ2) is 6.96. The number of hydrogen-bond acceptors (Lipinski definition) is 4. The van der Waals surface area contributed by atoms with Crippen LogP contribution in [0.3, 0.4) is 0 Å². The van der Waals surface area contributed by atoms with E-state index in [1.807, 2.05) is 11.3 Å². The molecule has 0 radical (unpaired) electrons. The van der Waals surface area contributed by atoms with Crippen LogP contribution in [0.2, 0.25) is 0 Å². The monoisotopic (exact) mass is 343 g/mol. The Balaban J connectivity index is 1.48. The molecule has 4 heteroatoms. The molecule has 1 aliphatic carbocycles. The van der Waals surface area contributed by atoms with Gasteiger partial charge in [0.2, 0.25) is 0 Å². The van der Waals surface area contributed by atoms with Gasteiger partial charge < -0.3 is 9.84 Å². The minimum atomic E-state index is 0.0975. The largest absolute Gasteiger partial charge is 0.394 e. The Bertz CT molecular complexity index is 662. The van der Waals surface area contributed by atoms with E-state index in [9.17, 15) is 0 Å². The fraction of sp³-hybridized carbons (Fsp3) is 0.500. The average molecular weight is 343 g/mol. The van der Waals surface area contributed by atoms with Crippen molar-refractivity contribution in [1.29, 1.82) is 0 Å². The van der Waals surface area contributed by atoms with Gasteiger partial charge in [-0.25, -0.2) is 0 Å². The zero-order valence-corrected chi connectivity index (χ0v) is 14.8. The van der Waals surface area contributed by atoms with Crippen LogP contribution in [-0.4, -0.2) is 36.3 Å². The van der Waals surface area contributed by atoms with Crippen molar-refractivity contribution in [1.82, 2.24) is 4.90 Å². The van der Waals surface area contributed by atoms with Crippen LogP contribution in [0.4, 0.5) is 0 Å². The fourth-order valence-electron chi connectivity index (χ4n) is 4.41. The van der Waals surface area contributed by atoms with Gasteiger partial charge in [0.15, 0.2) is 0 Å². The van der Waals surface area contributed by atoms with Crippen LogP contribution >= 0.6 is 11.3 Å². The Kier molecular flexibility index (Phi) is 4.72. The smallest absolute Gasteiger partial charge is 0.0837 e. The number of nitrogens with zero attached hydrogens (tertiary/aromatic N) is 1. The molecule has 1 saturated heterocycles. The van der Waals surface area contributed by atoms with Crippen LogP contribution in [0.5, 0.6) is 0 Å². The summed E-state index contributed by atoms with van der Waals surface area (Å²) in [5.74, 6) is 0. The first-order valence-electron chi connectivity index (χ1n) is 8.87. The van der Waals surface area contributed by atoms with Gasteiger partial charge in [-0.1, -0.05) is 30.3 Å². The molecule has 1 aliphatic heterocycles. The van der Waals surface area contributed by atoms with Gasteiger partial charge in [0.05, 0.1) is 19.3 Å². The van der Waals surface area contributed by atoms with Gasteiger partial charge in [0, 0.05) is 16.8 Å². The van der Waals surface area contributed by atoms with Crippen LogP contribution in [0.15, 0.2) is 41.8 Å². The first kappa shape index (κ1) is 16.3. The van der Waals surface area contributed by atoms with E-state index in [1.54, 1.807) is 0 Å². The summed E-state index contributed by atoms with van der Waals surface area (Å²) < 4.78 is 5.96. The van der Waals surface area contributed by atoms with Crippen molar-refractivity contribution in [3.05, 3.63) is 57.8 Å². The molecule has 1 aromatic heterocycles. The number of piperidine rings is 1. The molecule has 4 rings (SSSR count). The predicted molar refractivity (Wildman–Crippen MR) is 97.3 cm³/mol. The summed E-state index contributed by atoms with van der Waals surface area (Å²) in [6.45, 7) is 3.91. The highest BCUT2D eigenvalue weighted by Crippen LogP contribution is 2.52. The zero-order chi connectivity index (χ0) is 16.4. The van der Waals surface area contributed by atoms with Gasteiger partial charge >= 0.3 is 0 Å². The van der Waals surface area contributed by atoms with Crippen LogP contribution in [0.25, 0.3) is 0 Å². The summed E-state index contributed by atoms with van der Waals surface area (Å²) in [7, 11) is 0. The van der Waals surface area contributed by atoms with Gasteiger partial charge in [-0.3, -0.25) is 4.90 Å². The van der Waals surface area contributed by atoms with Crippen LogP contribution in [0.1, 0.15) is 41.4 Å². The lowest BCUT2D eigenvalue weighted by Gasteiger charge is -2.40. The van der Waals surface area contributed by atoms with Crippen molar-refractivity contribution in [2.45, 2.75) is 37.3 Å². The molecule has 3 nitrogen and oxygen atoms in total. The minimum Gasteiger partial charge on any atom is -0.394 e. The first-order valence-corrected chi connectivity index (χ1v) is 9.75. The maximum atomic E-state index is 9.10. The molecule has 2 aromatic rings. The molecule has 0 unspecified atom stereocenters. The lowest BCUT2D eigenvalue weighted by atomic mass is 9.73. The van der Waals surface area contributed by atoms with E-state index in [4.69, 9.17) is 9.84 Å². The molecular formula is C20H25NO2S. The van der Waals surface area contributed by atoms with E-state index in [-0.39, 0.29) is 18.1 Å². The molecule has 2 heterocycles. The summed E-state index contributed by atoms with van der Waals surface area (Å²) in [5.41, 5.74) is 3.10. The molecule has 0 saturated carbocycles. The van der Waals surface area contributed by atoms with Crippen molar-refractivity contribution in [3.8, 4) is 0 Å². The number of thiophene rings is 1. The van der Waals surface area contributed by atoms with E-state index in [2.05, 4.69) is 46.7 Å². The second-order valence-electron chi connectivity index (χ2n) is 7.01. The highest BCUT2D eigenvalue weighted by atomic mass is 32.1. The third-order valence-electron chi connectivity index (χ3n) is 5.64. The highest BCUT2D eigenvalue weighted by molar-refractivity contribution is 7.09. The lowest BCUT2D eigenvalue weighted by molar-refractivity contribution is 0.0128. The molecule has 128 valence electrons. The summed E-state index contributed by atoms with van der Waals surface area (Å²) in [4.78, 5) is 4.05. The summed E-state index contributed by atoms with van der Waals surface area (Å²) in [6.07, 6.45) is 3.62. The van der Waals surface area contributed by atoms with Gasteiger partial charge in [-0.2, -0.15) is 0 Å². The number of aliphatic hydroxyl groups excluding tert-OH is 1. The second-order valence-corrected chi connectivity index (χ2v) is 8.04. The van der Waals surface area contributed by atoms with Crippen LogP contribution in [0, 0.1) is 0 Å². The van der Waals surface area contributed by atoms with E-state index >= 15 is 0 Å². The molecule has 0 amide bonds. The maximum Gasteiger partial charge on any atom is 0.0837 e. The first-order chi connectivity index (χ1) is 11.8. The number of benzene rings is 1. The highest BCUT2D eigenvalue weighted by Gasteiger charge is 2.45. The van der Waals surface area contributed by atoms with E-state index < -0.39 is 0 Å². The van der Waals surface area contributed by atoms with Crippen molar-refractivity contribution >= 4 is 11.3 Å². The van der Waals surface area contributed by atoms with E-state index in [1.165, 1.54) is 28.8 Å². The molecule has 1 atom stereocenters. The molecular weight excluding hydrogens is 318 g/mol. The van der Waals surface area contributed by atoms with Crippen LogP contribution in [-0.2, 0) is 16.7 Å².